The second-order valence-corrected chi connectivity index (χ2v) is 3.17. The molecule has 0 fully saturated rings. The molecule has 88 valence electrons. The fraction of sp³-hybridized carbons (Fsp3) is 0.364. The van der Waals surface area contributed by atoms with E-state index in [2.05, 4.69) is 4.98 Å². The van der Waals surface area contributed by atoms with Crippen LogP contribution in [0, 0.1) is 22.7 Å². The lowest BCUT2D eigenvalue weighted by molar-refractivity contribution is 0.329. The van der Waals surface area contributed by atoms with Crippen molar-refractivity contribution < 1.29 is 4.74 Å². The SMILES string of the molecule is CCOc1nc(N(CC#N)CC#N)ccc1N. The fourth-order valence-corrected chi connectivity index (χ4v) is 1.26. The average molecular weight is 231 g/mol. The molecule has 2 N–H and O–H groups in total. The zero-order valence-corrected chi connectivity index (χ0v) is 9.55. The predicted octanol–water partition coefficient (Wildman–Crippen LogP) is 0.916. The number of anilines is 2. The molecular formula is C11H13N5O. The van der Waals surface area contributed by atoms with Gasteiger partial charge in [-0.1, -0.05) is 0 Å². The van der Waals surface area contributed by atoms with Gasteiger partial charge >= 0.3 is 0 Å². The summed E-state index contributed by atoms with van der Waals surface area (Å²) in [5.41, 5.74) is 6.12. The second kappa shape index (κ2) is 6.19. The van der Waals surface area contributed by atoms with Gasteiger partial charge in [0.1, 0.15) is 18.9 Å². The van der Waals surface area contributed by atoms with Crippen LogP contribution in [0.2, 0.25) is 0 Å². The Morgan fingerprint density at radius 2 is 2.00 bits per heavy atom. The maximum atomic E-state index is 8.67. The van der Waals surface area contributed by atoms with E-state index in [0.717, 1.165) is 0 Å². The Bertz CT molecular complexity index is 444. The number of nitrogens with two attached hydrogens (primary N) is 1. The number of aromatic nitrogens is 1. The van der Waals surface area contributed by atoms with Gasteiger partial charge in [-0.3, -0.25) is 0 Å². The van der Waals surface area contributed by atoms with Gasteiger partial charge in [0, 0.05) is 0 Å². The van der Waals surface area contributed by atoms with E-state index in [-0.39, 0.29) is 13.1 Å². The summed E-state index contributed by atoms with van der Waals surface area (Å²) < 4.78 is 5.26. The highest BCUT2D eigenvalue weighted by Gasteiger charge is 2.10. The van der Waals surface area contributed by atoms with E-state index in [4.69, 9.17) is 21.0 Å². The second-order valence-electron chi connectivity index (χ2n) is 3.17. The minimum atomic E-state index is 0.0933. The Balaban J connectivity index is 3.00. The summed E-state index contributed by atoms with van der Waals surface area (Å²) in [6.45, 7) is 2.47. The van der Waals surface area contributed by atoms with Crippen molar-refractivity contribution in [2.45, 2.75) is 6.92 Å². The van der Waals surface area contributed by atoms with E-state index in [1.807, 2.05) is 19.1 Å². The van der Waals surface area contributed by atoms with Crippen LogP contribution in [0.1, 0.15) is 6.92 Å². The Morgan fingerprint density at radius 3 is 2.53 bits per heavy atom. The van der Waals surface area contributed by atoms with Crippen molar-refractivity contribution >= 4 is 11.5 Å². The molecule has 0 aliphatic rings. The average Bonchev–Trinajstić information content (AvgIpc) is 2.32. The van der Waals surface area contributed by atoms with Crippen LogP contribution in [0.4, 0.5) is 11.5 Å². The lowest BCUT2D eigenvalue weighted by Crippen LogP contribution is -2.25. The minimum absolute atomic E-state index is 0.0933. The Kier molecular flexibility index (Phi) is 4.58. The van der Waals surface area contributed by atoms with E-state index in [0.29, 0.717) is 24.0 Å². The molecule has 1 aromatic rings. The highest BCUT2D eigenvalue weighted by molar-refractivity contribution is 5.55. The molecule has 0 atom stereocenters. The Hall–Kier alpha value is -2.47. The van der Waals surface area contributed by atoms with Gasteiger partial charge in [0.2, 0.25) is 5.88 Å². The van der Waals surface area contributed by atoms with Crippen LogP contribution in [-0.2, 0) is 0 Å². The molecule has 6 heteroatoms. The normalized spacial score (nSPS) is 9.12. The summed E-state index contributed by atoms with van der Waals surface area (Å²) >= 11 is 0. The maximum Gasteiger partial charge on any atom is 0.239 e. The molecule has 0 radical (unpaired) electrons. The minimum Gasteiger partial charge on any atom is -0.476 e. The zero-order chi connectivity index (χ0) is 12.7. The van der Waals surface area contributed by atoms with Gasteiger partial charge in [-0.2, -0.15) is 15.5 Å². The number of pyridine rings is 1. The van der Waals surface area contributed by atoms with Crippen LogP contribution in [-0.4, -0.2) is 24.7 Å². The van der Waals surface area contributed by atoms with Crippen LogP contribution in [0.3, 0.4) is 0 Å². The van der Waals surface area contributed by atoms with Gasteiger partial charge in [0.05, 0.1) is 24.4 Å². The van der Waals surface area contributed by atoms with Crippen molar-refractivity contribution in [3.05, 3.63) is 12.1 Å². The third-order valence-electron chi connectivity index (χ3n) is 2.00. The van der Waals surface area contributed by atoms with Crippen molar-refractivity contribution in [2.24, 2.45) is 0 Å². The van der Waals surface area contributed by atoms with Crippen molar-refractivity contribution in [3.8, 4) is 18.0 Å². The number of ether oxygens (including phenoxy) is 1. The summed E-state index contributed by atoms with van der Waals surface area (Å²) in [6.07, 6.45) is 0. The molecule has 0 aliphatic heterocycles. The largest absolute Gasteiger partial charge is 0.476 e. The van der Waals surface area contributed by atoms with Gasteiger partial charge in [0.25, 0.3) is 0 Å². The Labute approximate surface area is 99.8 Å². The molecule has 0 spiro atoms. The van der Waals surface area contributed by atoms with Crippen LogP contribution in [0.15, 0.2) is 12.1 Å². The summed E-state index contributed by atoms with van der Waals surface area (Å²) in [6, 6.07) is 7.27. The fourth-order valence-electron chi connectivity index (χ4n) is 1.26. The standard InChI is InChI=1S/C11H13N5O/c1-2-17-11-9(14)3-4-10(15-11)16(7-5-12)8-6-13/h3-4H,2,7-8,14H2,1H3. The topological polar surface area (TPSA) is 99.0 Å². The molecule has 0 aromatic carbocycles. The molecule has 6 nitrogen and oxygen atoms in total. The number of hydrogen-bond acceptors (Lipinski definition) is 6. The summed E-state index contributed by atoms with van der Waals surface area (Å²) in [5, 5.41) is 17.3. The molecule has 17 heavy (non-hydrogen) atoms. The number of hydrogen-bond donors (Lipinski definition) is 1. The molecule has 0 unspecified atom stereocenters. The summed E-state index contributed by atoms with van der Waals surface area (Å²) in [7, 11) is 0. The maximum absolute atomic E-state index is 8.67. The molecular weight excluding hydrogens is 218 g/mol. The number of nitrogens with zero attached hydrogens (tertiary/aromatic N) is 4. The van der Waals surface area contributed by atoms with Gasteiger partial charge in [-0.05, 0) is 19.1 Å². The monoisotopic (exact) mass is 231 g/mol. The highest BCUT2D eigenvalue weighted by atomic mass is 16.5. The summed E-state index contributed by atoms with van der Waals surface area (Å²) in [4.78, 5) is 5.72. The van der Waals surface area contributed by atoms with Crippen molar-refractivity contribution in [2.75, 3.05) is 30.3 Å². The Morgan fingerprint density at radius 1 is 1.35 bits per heavy atom. The molecule has 0 saturated carbocycles. The predicted molar refractivity (Wildman–Crippen MR) is 63.3 cm³/mol. The number of rotatable bonds is 5. The van der Waals surface area contributed by atoms with E-state index in [1.54, 1.807) is 17.0 Å². The number of nitrogen functional groups attached to an aromatic ring is 1. The first-order valence-corrected chi connectivity index (χ1v) is 5.11. The molecule has 1 aromatic heterocycles. The third kappa shape index (κ3) is 3.25. The molecule has 1 heterocycles. The summed E-state index contributed by atoms with van der Waals surface area (Å²) in [5.74, 6) is 0.830. The first kappa shape index (κ1) is 12.6. The van der Waals surface area contributed by atoms with E-state index in [9.17, 15) is 0 Å². The van der Waals surface area contributed by atoms with Gasteiger partial charge in [-0.25, -0.2) is 0 Å². The van der Waals surface area contributed by atoms with Crippen LogP contribution in [0.5, 0.6) is 5.88 Å². The molecule has 0 aliphatic carbocycles. The third-order valence-corrected chi connectivity index (χ3v) is 2.00. The quantitative estimate of drug-likeness (QED) is 0.756. The first-order chi connectivity index (χ1) is 8.22. The first-order valence-electron chi connectivity index (χ1n) is 5.11. The van der Waals surface area contributed by atoms with Crippen LogP contribution in [0.25, 0.3) is 0 Å². The molecule has 0 bridgehead atoms. The van der Waals surface area contributed by atoms with Crippen LogP contribution >= 0.6 is 0 Å². The highest BCUT2D eigenvalue weighted by Crippen LogP contribution is 2.22. The lowest BCUT2D eigenvalue weighted by Gasteiger charge is -2.18. The van der Waals surface area contributed by atoms with Crippen molar-refractivity contribution in [1.82, 2.24) is 4.98 Å². The van der Waals surface area contributed by atoms with Gasteiger partial charge < -0.3 is 15.4 Å². The lowest BCUT2D eigenvalue weighted by atomic mass is 10.3. The number of nitriles is 2. The van der Waals surface area contributed by atoms with Crippen LogP contribution < -0.4 is 15.4 Å². The van der Waals surface area contributed by atoms with Crippen molar-refractivity contribution in [1.29, 1.82) is 10.5 Å². The zero-order valence-electron chi connectivity index (χ0n) is 9.55. The molecule has 0 saturated heterocycles. The van der Waals surface area contributed by atoms with E-state index < -0.39 is 0 Å². The van der Waals surface area contributed by atoms with E-state index >= 15 is 0 Å². The van der Waals surface area contributed by atoms with Gasteiger partial charge in [0.15, 0.2) is 0 Å². The van der Waals surface area contributed by atoms with Gasteiger partial charge in [-0.15, -0.1) is 0 Å². The smallest absolute Gasteiger partial charge is 0.239 e. The molecule has 0 amide bonds. The molecule has 1 rings (SSSR count). The van der Waals surface area contributed by atoms with E-state index in [1.165, 1.54) is 0 Å². The van der Waals surface area contributed by atoms with Crippen molar-refractivity contribution in [3.63, 3.8) is 0 Å².